The topological polar surface area (TPSA) is 202 Å². The van der Waals surface area contributed by atoms with E-state index in [2.05, 4.69) is 58.7 Å². The van der Waals surface area contributed by atoms with Crippen LogP contribution in [0.5, 0.6) is 17.5 Å². The molecule has 4 heterocycles. The number of H-pyrrole nitrogens is 1. The number of aromatic amines is 1. The van der Waals surface area contributed by atoms with Crippen molar-refractivity contribution in [3.05, 3.63) is 137 Å². The minimum atomic E-state index is -0.364. The molecule has 8 aromatic rings. The van der Waals surface area contributed by atoms with Crippen LogP contribution in [0.2, 0.25) is 5.02 Å². The van der Waals surface area contributed by atoms with Crippen LogP contribution in [-0.4, -0.2) is 67.0 Å². The maximum atomic E-state index is 13.2. The third-order valence-corrected chi connectivity index (χ3v) is 11.6. The number of carbonyl (C=O) groups excluding carboxylic acids is 3. The van der Waals surface area contributed by atoms with E-state index >= 15 is 0 Å². The number of phenols is 1. The zero-order valence-electron chi connectivity index (χ0n) is 36.2. The fourth-order valence-electron chi connectivity index (χ4n) is 7.83. The number of hydrogen-bond acceptors (Lipinski definition) is 9. The molecule has 4 aromatic heterocycles. The number of unbranched alkanes of at least 4 members (excludes halogenated alkanes) is 1. The van der Waals surface area contributed by atoms with Gasteiger partial charge in [0.05, 0.1) is 16.1 Å². The van der Waals surface area contributed by atoms with Crippen LogP contribution in [0.15, 0.2) is 110 Å². The SMILES string of the molecule is CCc1c(-c2ccc(C(=O)NCCNC(=O)CCCCNC(=O)c3cc(Oc4nc5cc(-c6ccc7c(ccn7C)c6)c(Cl)cc5[nH]4)ccc3C)nc2)cnc(N)c1-c1ccc(O)cc1. The first kappa shape index (κ1) is 43.9. The number of nitrogens with two attached hydrogens (primary N) is 1. The number of nitrogen functional groups attached to an aromatic ring is 1. The number of hydrogen-bond donors (Lipinski definition) is 6. The van der Waals surface area contributed by atoms with E-state index in [0.29, 0.717) is 53.5 Å². The van der Waals surface area contributed by atoms with Gasteiger partial charge in [-0.05, 0) is 109 Å². The summed E-state index contributed by atoms with van der Waals surface area (Å²) in [5.41, 5.74) is 16.4. The number of aromatic nitrogens is 5. The summed E-state index contributed by atoms with van der Waals surface area (Å²) in [5, 5.41) is 20.0. The van der Waals surface area contributed by atoms with E-state index in [1.807, 2.05) is 57.4 Å². The number of fused-ring (bicyclic) bond motifs is 2. The van der Waals surface area contributed by atoms with Crippen molar-refractivity contribution >= 4 is 57.1 Å². The Kier molecular flexibility index (Phi) is 13.1. The number of anilines is 1. The van der Waals surface area contributed by atoms with Crippen molar-refractivity contribution in [3.8, 4) is 50.9 Å². The average Bonchev–Trinajstić information content (AvgIpc) is 3.88. The molecule has 0 aliphatic carbocycles. The summed E-state index contributed by atoms with van der Waals surface area (Å²) in [4.78, 5) is 55.2. The number of pyridine rings is 2. The van der Waals surface area contributed by atoms with Gasteiger partial charge in [0.1, 0.15) is 23.0 Å². The van der Waals surface area contributed by atoms with E-state index in [-0.39, 0.29) is 54.7 Å². The lowest BCUT2D eigenvalue weighted by Crippen LogP contribution is -2.35. The number of carbonyl (C=O) groups is 3. The van der Waals surface area contributed by atoms with E-state index in [0.717, 1.165) is 60.9 Å². The molecule has 8 rings (SSSR count). The fourth-order valence-corrected chi connectivity index (χ4v) is 8.10. The van der Waals surface area contributed by atoms with Gasteiger partial charge in [0.2, 0.25) is 5.91 Å². The fraction of sp³-hybridized carbons (Fsp3) is 0.200. The first-order chi connectivity index (χ1) is 31.4. The molecule has 0 bridgehead atoms. The smallest absolute Gasteiger partial charge is 0.300 e. The van der Waals surface area contributed by atoms with Gasteiger partial charge in [-0.2, -0.15) is 4.98 Å². The quantitative estimate of drug-likeness (QED) is 0.0513. The van der Waals surface area contributed by atoms with E-state index < -0.39 is 0 Å². The molecule has 7 N–H and O–H groups in total. The predicted molar refractivity (Wildman–Crippen MR) is 254 cm³/mol. The van der Waals surface area contributed by atoms with Crippen molar-refractivity contribution in [2.75, 3.05) is 25.4 Å². The van der Waals surface area contributed by atoms with Crippen LogP contribution in [0.3, 0.4) is 0 Å². The molecule has 0 aliphatic rings. The van der Waals surface area contributed by atoms with Gasteiger partial charge < -0.3 is 41.1 Å². The molecule has 0 saturated carbocycles. The summed E-state index contributed by atoms with van der Waals surface area (Å²) in [7, 11) is 2.01. The number of ether oxygens (including phenoxy) is 1. The Labute approximate surface area is 380 Å². The van der Waals surface area contributed by atoms with Crippen LogP contribution in [0.4, 0.5) is 5.82 Å². The zero-order valence-corrected chi connectivity index (χ0v) is 36.9. The first-order valence-corrected chi connectivity index (χ1v) is 21.7. The number of rotatable bonds is 16. The largest absolute Gasteiger partial charge is 0.508 e. The van der Waals surface area contributed by atoms with Gasteiger partial charge in [-0.15, -0.1) is 0 Å². The van der Waals surface area contributed by atoms with Gasteiger partial charge in [-0.3, -0.25) is 19.4 Å². The third-order valence-electron chi connectivity index (χ3n) is 11.3. The Balaban J connectivity index is 0.761. The van der Waals surface area contributed by atoms with Crippen LogP contribution in [0.1, 0.15) is 58.2 Å². The Hall–Kier alpha value is -7.71. The summed E-state index contributed by atoms with van der Waals surface area (Å²) >= 11 is 6.73. The standard InChI is InChI=1S/C50H48ClN9O5/c1-4-36-39(28-57-47(52)46(36)30-9-13-34(61)14-10-30)33-11-16-41(56-27-33)49(64)55-21-20-53-45(62)7-5-6-19-54-48(63)37-24-35(15-8-29(37)2)65-50-58-42-25-38(40(51)26-43(42)59-50)31-12-17-44-32(23-31)18-22-60(44)3/h8-18,22-28,61H,4-7,19-21H2,1-3H3,(H2,52,57)(H,53,62)(H,54,63)(H,55,64)(H,58,59). The van der Waals surface area contributed by atoms with Crippen LogP contribution >= 0.6 is 11.6 Å². The number of nitrogens with zero attached hydrogens (tertiary/aromatic N) is 4. The molecule has 65 heavy (non-hydrogen) atoms. The van der Waals surface area contributed by atoms with Crippen LogP contribution < -0.4 is 26.4 Å². The number of amides is 3. The average molecular weight is 890 g/mol. The van der Waals surface area contributed by atoms with E-state index in [4.69, 9.17) is 22.1 Å². The highest BCUT2D eigenvalue weighted by atomic mass is 35.5. The molecule has 0 spiro atoms. The van der Waals surface area contributed by atoms with Crippen molar-refractivity contribution < 1.29 is 24.2 Å². The highest BCUT2D eigenvalue weighted by Crippen LogP contribution is 2.37. The van der Waals surface area contributed by atoms with Gasteiger partial charge in [0.25, 0.3) is 17.8 Å². The van der Waals surface area contributed by atoms with E-state index in [1.54, 1.807) is 54.9 Å². The lowest BCUT2D eigenvalue weighted by atomic mass is 9.92. The lowest BCUT2D eigenvalue weighted by Gasteiger charge is -2.16. The molecule has 0 atom stereocenters. The molecule has 14 nitrogen and oxygen atoms in total. The second kappa shape index (κ2) is 19.4. The van der Waals surface area contributed by atoms with Gasteiger partial charge in [0, 0.05) is 90.4 Å². The molecule has 0 unspecified atom stereocenters. The Morgan fingerprint density at radius 2 is 1.58 bits per heavy atom. The summed E-state index contributed by atoms with van der Waals surface area (Å²) in [5.74, 6) is 0.229. The highest BCUT2D eigenvalue weighted by Gasteiger charge is 2.18. The van der Waals surface area contributed by atoms with E-state index in [9.17, 15) is 19.5 Å². The minimum absolute atomic E-state index is 0.151. The number of benzene rings is 4. The van der Waals surface area contributed by atoms with Gasteiger partial charge >= 0.3 is 0 Å². The van der Waals surface area contributed by atoms with E-state index in [1.165, 1.54) is 0 Å². The van der Waals surface area contributed by atoms with Gasteiger partial charge in [0.15, 0.2) is 0 Å². The molecular weight excluding hydrogens is 842 g/mol. The monoisotopic (exact) mass is 889 g/mol. The summed E-state index contributed by atoms with van der Waals surface area (Å²) in [6.45, 7) is 4.74. The summed E-state index contributed by atoms with van der Waals surface area (Å²) in [6.07, 6.45) is 7.47. The van der Waals surface area contributed by atoms with Crippen LogP contribution in [-0.2, 0) is 18.3 Å². The number of imidazole rings is 1. The molecule has 330 valence electrons. The van der Waals surface area contributed by atoms with Crippen LogP contribution in [0.25, 0.3) is 55.3 Å². The molecule has 3 amide bonds. The molecule has 15 heteroatoms. The normalized spacial score (nSPS) is 11.2. The molecular formula is C50H48ClN9O5. The second-order valence-electron chi connectivity index (χ2n) is 15.7. The van der Waals surface area contributed by atoms with Crippen LogP contribution in [0, 0.1) is 6.92 Å². The number of aryl methyl sites for hydroxylation is 2. The lowest BCUT2D eigenvalue weighted by molar-refractivity contribution is -0.121. The molecule has 0 aliphatic heterocycles. The molecule has 4 aromatic carbocycles. The molecule has 0 radical (unpaired) electrons. The first-order valence-electron chi connectivity index (χ1n) is 21.3. The maximum Gasteiger partial charge on any atom is 0.300 e. The zero-order chi connectivity index (χ0) is 45.6. The Morgan fingerprint density at radius 1 is 0.815 bits per heavy atom. The van der Waals surface area contributed by atoms with Crippen molar-refractivity contribution in [2.24, 2.45) is 7.05 Å². The summed E-state index contributed by atoms with van der Waals surface area (Å²) in [6, 6.07) is 27.9. The second-order valence-corrected chi connectivity index (χ2v) is 16.1. The number of halogens is 1. The van der Waals surface area contributed by atoms with Gasteiger partial charge in [-0.25, -0.2) is 4.98 Å². The number of phenolic OH excluding ortho intramolecular Hbond substituents is 1. The Morgan fingerprint density at radius 3 is 2.37 bits per heavy atom. The van der Waals surface area contributed by atoms with Gasteiger partial charge in [-0.1, -0.05) is 48.9 Å². The highest BCUT2D eigenvalue weighted by molar-refractivity contribution is 6.34. The third kappa shape index (κ3) is 9.93. The van der Waals surface area contributed by atoms with Crippen molar-refractivity contribution in [1.29, 1.82) is 0 Å². The predicted octanol–water partition coefficient (Wildman–Crippen LogP) is 8.90. The van der Waals surface area contributed by atoms with Crippen molar-refractivity contribution in [3.63, 3.8) is 0 Å². The minimum Gasteiger partial charge on any atom is -0.508 e. The Bertz CT molecular complexity index is 3050. The number of nitrogens with one attached hydrogen (secondary N) is 4. The molecule has 0 fully saturated rings. The van der Waals surface area contributed by atoms with Crippen molar-refractivity contribution in [2.45, 2.75) is 39.5 Å². The maximum absolute atomic E-state index is 13.2. The number of aromatic hydroxyl groups is 1. The molecule has 0 saturated heterocycles. The van der Waals surface area contributed by atoms with Crippen molar-refractivity contribution in [1.82, 2.24) is 40.5 Å². The summed E-state index contributed by atoms with van der Waals surface area (Å²) < 4.78 is 8.15.